The Balaban J connectivity index is 1.82. The Kier molecular flexibility index (Phi) is 4.29. The first-order valence-corrected chi connectivity index (χ1v) is 8.86. The topological polar surface area (TPSA) is 57.6 Å². The molecule has 1 N–H and O–H groups in total. The zero-order chi connectivity index (χ0) is 15.6. The molecule has 0 atom stereocenters. The van der Waals surface area contributed by atoms with Crippen molar-refractivity contribution in [1.82, 2.24) is 4.90 Å². The maximum Gasteiger partial charge on any atom is 0.294 e. The van der Waals surface area contributed by atoms with Gasteiger partial charge in [0, 0.05) is 6.54 Å². The van der Waals surface area contributed by atoms with Crippen LogP contribution in [0.1, 0.15) is 18.4 Å². The van der Waals surface area contributed by atoms with E-state index in [0.29, 0.717) is 0 Å². The second-order valence-corrected chi connectivity index (χ2v) is 7.10. The third-order valence-corrected chi connectivity index (χ3v) is 4.89. The lowest BCUT2D eigenvalue weighted by atomic mass is 10.0. The monoisotopic (exact) mass is 317 g/mol. The van der Waals surface area contributed by atoms with Gasteiger partial charge in [-0.1, -0.05) is 30.3 Å². The van der Waals surface area contributed by atoms with Crippen LogP contribution in [0.2, 0.25) is 0 Å². The lowest BCUT2D eigenvalue weighted by Gasteiger charge is -2.15. The van der Waals surface area contributed by atoms with E-state index in [4.69, 9.17) is 4.55 Å². The normalized spacial score (nSPS) is 16.0. The van der Waals surface area contributed by atoms with Crippen LogP contribution < -0.4 is 0 Å². The van der Waals surface area contributed by atoms with E-state index in [1.807, 2.05) is 12.1 Å². The maximum atomic E-state index is 11.1. The SMILES string of the molecule is O=S(=O)(O)c1ccc(-c2cccc(CN3CCCC3)c2)cc1. The fourth-order valence-electron chi connectivity index (χ4n) is 2.87. The Morgan fingerprint density at radius 2 is 1.64 bits per heavy atom. The molecular formula is C17H19NO3S. The highest BCUT2D eigenvalue weighted by Crippen LogP contribution is 2.23. The minimum atomic E-state index is -4.13. The lowest BCUT2D eigenvalue weighted by Crippen LogP contribution is -2.18. The van der Waals surface area contributed by atoms with E-state index in [-0.39, 0.29) is 4.90 Å². The van der Waals surface area contributed by atoms with Crippen molar-refractivity contribution in [3.8, 4) is 11.1 Å². The summed E-state index contributed by atoms with van der Waals surface area (Å²) < 4.78 is 31.2. The lowest BCUT2D eigenvalue weighted by molar-refractivity contribution is 0.331. The third kappa shape index (κ3) is 3.55. The molecule has 0 radical (unpaired) electrons. The molecule has 116 valence electrons. The van der Waals surface area contributed by atoms with Gasteiger partial charge in [-0.05, 0) is 60.8 Å². The van der Waals surface area contributed by atoms with Gasteiger partial charge < -0.3 is 0 Å². The van der Waals surface area contributed by atoms with E-state index in [0.717, 1.165) is 30.8 Å². The van der Waals surface area contributed by atoms with Crippen LogP contribution in [0.5, 0.6) is 0 Å². The van der Waals surface area contributed by atoms with Crippen molar-refractivity contribution in [2.75, 3.05) is 13.1 Å². The van der Waals surface area contributed by atoms with Gasteiger partial charge in [0.05, 0.1) is 4.90 Å². The number of hydrogen-bond acceptors (Lipinski definition) is 3. The zero-order valence-corrected chi connectivity index (χ0v) is 13.1. The predicted molar refractivity (Wildman–Crippen MR) is 86.2 cm³/mol. The molecule has 0 aliphatic carbocycles. The van der Waals surface area contributed by atoms with Crippen molar-refractivity contribution < 1.29 is 13.0 Å². The summed E-state index contributed by atoms with van der Waals surface area (Å²) in [5, 5.41) is 0. The van der Waals surface area contributed by atoms with E-state index in [9.17, 15) is 8.42 Å². The smallest absolute Gasteiger partial charge is 0.294 e. The molecule has 0 saturated carbocycles. The molecule has 0 aromatic heterocycles. The van der Waals surface area contributed by atoms with Crippen molar-refractivity contribution in [1.29, 1.82) is 0 Å². The molecule has 0 unspecified atom stereocenters. The summed E-state index contributed by atoms with van der Waals surface area (Å²) in [7, 11) is -4.13. The van der Waals surface area contributed by atoms with Gasteiger partial charge in [-0.3, -0.25) is 9.45 Å². The molecule has 0 spiro atoms. The van der Waals surface area contributed by atoms with Crippen molar-refractivity contribution in [2.45, 2.75) is 24.3 Å². The van der Waals surface area contributed by atoms with Gasteiger partial charge in [0.25, 0.3) is 10.1 Å². The first-order valence-electron chi connectivity index (χ1n) is 7.42. The molecule has 2 aromatic carbocycles. The summed E-state index contributed by atoms with van der Waals surface area (Å²) in [6.45, 7) is 3.28. The van der Waals surface area contributed by atoms with Crippen LogP contribution in [0.4, 0.5) is 0 Å². The number of hydrogen-bond donors (Lipinski definition) is 1. The van der Waals surface area contributed by atoms with E-state index in [2.05, 4.69) is 17.0 Å². The minimum absolute atomic E-state index is 0.0792. The molecule has 0 bridgehead atoms. The zero-order valence-electron chi connectivity index (χ0n) is 12.3. The first kappa shape index (κ1) is 15.2. The Morgan fingerprint density at radius 3 is 2.27 bits per heavy atom. The van der Waals surface area contributed by atoms with Crippen LogP contribution in [-0.2, 0) is 16.7 Å². The van der Waals surface area contributed by atoms with Gasteiger partial charge in [0.15, 0.2) is 0 Å². The molecule has 1 fully saturated rings. The Hall–Kier alpha value is -1.69. The van der Waals surface area contributed by atoms with Crippen molar-refractivity contribution in [3.05, 3.63) is 54.1 Å². The van der Waals surface area contributed by atoms with Gasteiger partial charge in [-0.15, -0.1) is 0 Å². The van der Waals surface area contributed by atoms with Crippen LogP contribution in [0.3, 0.4) is 0 Å². The first-order chi connectivity index (χ1) is 10.5. The molecule has 2 aromatic rings. The number of nitrogens with zero attached hydrogens (tertiary/aromatic N) is 1. The summed E-state index contributed by atoms with van der Waals surface area (Å²) >= 11 is 0. The van der Waals surface area contributed by atoms with Gasteiger partial charge in [-0.2, -0.15) is 8.42 Å². The summed E-state index contributed by atoms with van der Waals surface area (Å²) in [6, 6.07) is 14.6. The molecule has 0 amide bonds. The van der Waals surface area contributed by atoms with Crippen molar-refractivity contribution in [3.63, 3.8) is 0 Å². The van der Waals surface area contributed by atoms with Gasteiger partial charge in [-0.25, -0.2) is 0 Å². The molecule has 3 rings (SSSR count). The Bertz CT molecular complexity index is 748. The van der Waals surface area contributed by atoms with Crippen LogP contribution in [0.25, 0.3) is 11.1 Å². The molecule has 5 heteroatoms. The Labute approximate surface area is 131 Å². The molecule has 1 aliphatic heterocycles. The minimum Gasteiger partial charge on any atom is -0.299 e. The van der Waals surface area contributed by atoms with E-state index in [1.54, 1.807) is 12.1 Å². The molecule has 1 heterocycles. The Morgan fingerprint density at radius 1 is 0.955 bits per heavy atom. The average Bonchev–Trinajstić information content (AvgIpc) is 3.00. The van der Waals surface area contributed by atoms with Gasteiger partial charge in [0.1, 0.15) is 0 Å². The fraction of sp³-hybridized carbons (Fsp3) is 0.294. The third-order valence-electron chi connectivity index (χ3n) is 4.02. The summed E-state index contributed by atoms with van der Waals surface area (Å²) in [5.41, 5.74) is 3.26. The fourth-order valence-corrected chi connectivity index (χ4v) is 3.35. The van der Waals surface area contributed by atoms with Crippen LogP contribution in [0, 0.1) is 0 Å². The predicted octanol–water partition coefficient (Wildman–Crippen LogP) is 3.20. The number of rotatable bonds is 4. The molecular weight excluding hydrogens is 298 g/mol. The molecule has 1 saturated heterocycles. The van der Waals surface area contributed by atoms with Gasteiger partial charge in [0.2, 0.25) is 0 Å². The quantitative estimate of drug-likeness (QED) is 0.880. The molecule has 22 heavy (non-hydrogen) atoms. The van der Waals surface area contributed by atoms with Crippen molar-refractivity contribution in [2.24, 2.45) is 0 Å². The van der Waals surface area contributed by atoms with Crippen molar-refractivity contribution >= 4 is 10.1 Å². The summed E-state index contributed by atoms with van der Waals surface area (Å²) in [6.07, 6.45) is 2.55. The highest BCUT2D eigenvalue weighted by molar-refractivity contribution is 7.85. The highest BCUT2D eigenvalue weighted by Gasteiger charge is 2.12. The highest BCUT2D eigenvalue weighted by atomic mass is 32.2. The number of benzene rings is 2. The maximum absolute atomic E-state index is 11.1. The number of likely N-dealkylation sites (tertiary alicyclic amines) is 1. The molecule has 1 aliphatic rings. The summed E-state index contributed by atoms with van der Waals surface area (Å²) in [5.74, 6) is 0. The molecule has 4 nitrogen and oxygen atoms in total. The second kappa shape index (κ2) is 6.20. The van der Waals surface area contributed by atoms with Crippen LogP contribution >= 0.6 is 0 Å². The standard InChI is InChI=1S/C17H19NO3S/c19-22(20,21)17-8-6-15(7-9-17)16-5-3-4-14(12-16)13-18-10-1-2-11-18/h3-9,12H,1-2,10-11,13H2,(H,19,20,21). The second-order valence-electron chi connectivity index (χ2n) is 5.68. The van der Waals surface area contributed by atoms with Crippen LogP contribution in [-0.4, -0.2) is 31.0 Å². The van der Waals surface area contributed by atoms with E-state index >= 15 is 0 Å². The van der Waals surface area contributed by atoms with E-state index in [1.165, 1.54) is 30.5 Å². The summed E-state index contributed by atoms with van der Waals surface area (Å²) in [4.78, 5) is 2.37. The van der Waals surface area contributed by atoms with E-state index < -0.39 is 10.1 Å². The average molecular weight is 317 g/mol. The largest absolute Gasteiger partial charge is 0.299 e. The van der Waals surface area contributed by atoms with Crippen LogP contribution in [0.15, 0.2) is 53.4 Å². The van der Waals surface area contributed by atoms with Gasteiger partial charge >= 0.3 is 0 Å².